The van der Waals surface area contributed by atoms with Crippen molar-refractivity contribution in [1.29, 1.82) is 0 Å². The minimum absolute atomic E-state index is 0.166. The molecule has 3 aromatic rings. The highest BCUT2D eigenvalue weighted by Gasteiger charge is 2.19. The lowest BCUT2D eigenvalue weighted by Gasteiger charge is -2.00. The molecule has 0 bridgehead atoms. The van der Waals surface area contributed by atoms with Gasteiger partial charge in [0.05, 0.1) is 0 Å². The second-order valence-electron chi connectivity index (χ2n) is 4.30. The van der Waals surface area contributed by atoms with Gasteiger partial charge in [-0.05, 0) is 12.5 Å². The molecule has 3 rings (SSSR count). The summed E-state index contributed by atoms with van der Waals surface area (Å²) in [6, 6.07) is 5.74. The van der Waals surface area contributed by atoms with Crippen molar-refractivity contribution in [3.05, 3.63) is 48.2 Å². The van der Waals surface area contributed by atoms with Crippen LogP contribution in [0.2, 0.25) is 0 Å². The summed E-state index contributed by atoms with van der Waals surface area (Å²) in [5.41, 5.74) is 3.32. The number of aromatic nitrogens is 3. The van der Waals surface area contributed by atoms with E-state index in [0.717, 1.165) is 16.5 Å². The molecule has 0 atom stereocenters. The zero-order valence-electron chi connectivity index (χ0n) is 10.2. The Balaban J connectivity index is 2.42. The van der Waals surface area contributed by atoms with E-state index in [1.165, 1.54) is 6.33 Å². The quantitative estimate of drug-likeness (QED) is 0.735. The summed E-state index contributed by atoms with van der Waals surface area (Å²) in [7, 11) is 0. The summed E-state index contributed by atoms with van der Waals surface area (Å²) >= 11 is 0. The predicted molar refractivity (Wildman–Crippen MR) is 71.0 cm³/mol. The number of hydrogen-bond acceptors (Lipinski definition) is 3. The van der Waals surface area contributed by atoms with Crippen molar-refractivity contribution in [2.45, 2.75) is 6.92 Å². The van der Waals surface area contributed by atoms with Crippen LogP contribution in [0.4, 0.5) is 0 Å². The van der Waals surface area contributed by atoms with Gasteiger partial charge in [-0.25, -0.2) is 14.8 Å². The van der Waals surface area contributed by atoms with E-state index < -0.39 is 5.97 Å². The first-order valence-electron chi connectivity index (χ1n) is 5.78. The summed E-state index contributed by atoms with van der Waals surface area (Å²) in [5, 5.41) is 10.2. The van der Waals surface area contributed by atoms with E-state index in [4.69, 9.17) is 0 Å². The van der Waals surface area contributed by atoms with Gasteiger partial charge >= 0.3 is 5.97 Å². The zero-order chi connectivity index (χ0) is 13.4. The van der Waals surface area contributed by atoms with Crippen molar-refractivity contribution < 1.29 is 9.90 Å². The third-order valence-electron chi connectivity index (χ3n) is 3.11. The number of para-hydroxylation sites is 1. The molecule has 0 saturated carbocycles. The minimum atomic E-state index is -0.991. The van der Waals surface area contributed by atoms with Crippen molar-refractivity contribution in [3.8, 4) is 11.1 Å². The number of aromatic carboxylic acids is 1. The molecule has 2 N–H and O–H groups in total. The number of carbonyl (C=O) groups is 1. The number of nitrogens with one attached hydrogen (secondary N) is 1. The zero-order valence-corrected chi connectivity index (χ0v) is 10.2. The molecule has 2 heterocycles. The van der Waals surface area contributed by atoms with Crippen LogP contribution in [0.25, 0.3) is 22.0 Å². The summed E-state index contributed by atoms with van der Waals surface area (Å²) in [6.45, 7) is 1.94. The molecule has 0 aliphatic rings. The molecular weight excluding hydrogens is 242 g/mol. The standard InChI is InChI=1S/C14H11N3O2/c1-8-3-2-4-10-11(9-5-15-7-16-6-9)13(14(18)19)17-12(8)10/h2-7,17H,1H3,(H,18,19). The SMILES string of the molecule is Cc1cccc2c(-c3cncnc3)c(C(=O)O)[nH]c12. The van der Waals surface area contributed by atoms with Gasteiger partial charge in [0, 0.05) is 34.4 Å². The Morgan fingerprint density at radius 2 is 2.00 bits per heavy atom. The van der Waals surface area contributed by atoms with E-state index in [1.54, 1.807) is 12.4 Å². The number of nitrogens with zero attached hydrogens (tertiary/aromatic N) is 2. The molecule has 0 unspecified atom stereocenters. The number of hydrogen-bond donors (Lipinski definition) is 2. The molecular formula is C14H11N3O2. The van der Waals surface area contributed by atoms with Gasteiger partial charge in [-0.15, -0.1) is 0 Å². The topological polar surface area (TPSA) is 78.9 Å². The van der Waals surface area contributed by atoms with Gasteiger partial charge in [0.25, 0.3) is 0 Å². The molecule has 0 amide bonds. The van der Waals surface area contributed by atoms with Crippen LogP contribution in [0.1, 0.15) is 16.1 Å². The summed E-state index contributed by atoms with van der Waals surface area (Å²) in [5.74, 6) is -0.991. The number of benzene rings is 1. The van der Waals surface area contributed by atoms with Gasteiger partial charge < -0.3 is 10.1 Å². The van der Waals surface area contributed by atoms with Crippen LogP contribution in [0.3, 0.4) is 0 Å². The molecule has 1 aromatic carbocycles. The highest BCUT2D eigenvalue weighted by molar-refractivity contribution is 6.07. The minimum Gasteiger partial charge on any atom is -0.477 e. The predicted octanol–water partition coefficient (Wildman–Crippen LogP) is 2.63. The summed E-state index contributed by atoms with van der Waals surface area (Å²) in [4.78, 5) is 22.3. The maximum Gasteiger partial charge on any atom is 0.352 e. The fourth-order valence-electron chi connectivity index (χ4n) is 2.25. The number of H-pyrrole nitrogens is 1. The highest BCUT2D eigenvalue weighted by atomic mass is 16.4. The molecule has 5 nitrogen and oxygen atoms in total. The molecule has 0 radical (unpaired) electrons. The van der Waals surface area contributed by atoms with Gasteiger partial charge in [0.1, 0.15) is 12.0 Å². The molecule has 0 aliphatic carbocycles. The van der Waals surface area contributed by atoms with E-state index in [0.29, 0.717) is 11.1 Å². The fourth-order valence-corrected chi connectivity index (χ4v) is 2.25. The van der Waals surface area contributed by atoms with Gasteiger partial charge in [0.2, 0.25) is 0 Å². The van der Waals surface area contributed by atoms with Crippen LogP contribution in [-0.2, 0) is 0 Å². The lowest BCUT2D eigenvalue weighted by Crippen LogP contribution is -1.99. The van der Waals surface area contributed by atoms with Crippen LogP contribution in [-0.4, -0.2) is 26.0 Å². The Morgan fingerprint density at radius 1 is 1.26 bits per heavy atom. The number of carboxylic acid groups (broad SMARTS) is 1. The second-order valence-corrected chi connectivity index (χ2v) is 4.30. The Bertz CT molecular complexity index is 763. The number of aryl methyl sites for hydroxylation is 1. The van der Waals surface area contributed by atoms with Gasteiger partial charge in [-0.2, -0.15) is 0 Å². The fraction of sp³-hybridized carbons (Fsp3) is 0.0714. The Hall–Kier alpha value is -2.69. The maximum atomic E-state index is 11.4. The van der Waals surface area contributed by atoms with E-state index in [-0.39, 0.29) is 5.69 Å². The maximum absolute atomic E-state index is 11.4. The molecule has 0 spiro atoms. The van der Waals surface area contributed by atoms with Crippen LogP contribution in [0.5, 0.6) is 0 Å². The van der Waals surface area contributed by atoms with Crippen LogP contribution in [0.15, 0.2) is 36.9 Å². The first kappa shape index (κ1) is 11.4. The number of carboxylic acids is 1. The normalized spacial score (nSPS) is 10.8. The van der Waals surface area contributed by atoms with Gasteiger partial charge in [-0.3, -0.25) is 0 Å². The Kier molecular flexibility index (Phi) is 2.52. The molecule has 94 valence electrons. The largest absolute Gasteiger partial charge is 0.477 e. The first-order chi connectivity index (χ1) is 9.18. The van der Waals surface area contributed by atoms with Gasteiger partial charge in [-0.1, -0.05) is 18.2 Å². The van der Waals surface area contributed by atoms with E-state index >= 15 is 0 Å². The van der Waals surface area contributed by atoms with E-state index in [2.05, 4.69) is 15.0 Å². The van der Waals surface area contributed by atoms with E-state index in [1.807, 2.05) is 25.1 Å². The van der Waals surface area contributed by atoms with Crippen molar-refractivity contribution in [3.63, 3.8) is 0 Å². The van der Waals surface area contributed by atoms with Crippen LogP contribution < -0.4 is 0 Å². The van der Waals surface area contributed by atoms with Crippen LogP contribution in [0, 0.1) is 6.92 Å². The summed E-state index contributed by atoms with van der Waals surface area (Å²) in [6.07, 6.45) is 4.65. The van der Waals surface area contributed by atoms with E-state index in [9.17, 15) is 9.90 Å². The van der Waals surface area contributed by atoms with Crippen molar-refractivity contribution >= 4 is 16.9 Å². The van der Waals surface area contributed by atoms with Crippen molar-refractivity contribution in [2.24, 2.45) is 0 Å². The molecule has 0 saturated heterocycles. The average molecular weight is 253 g/mol. The van der Waals surface area contributed by atoms with Crippen molar-refractivity contribution in [2.75, 3.05) is 0 Å². The second kappa shape index (κ2) is 4.20. The third-order valence-corrected chi connectivity index (χ3v) is 3.11. The lowest BCUT2D eigenvalue weighted by atomic mass is 10.0. The molecule has 0 fully saturated rings. The van der Waals surface area contributed by atoms with Crippen LogP contribution >= 0.6 is 0 Å². The molecule has 5 heteroatoms. The Labute approximate surface area is 109 Å². The smallest absolute Gasteiger partial charge is 0.352 e. The molecule has 0 aliphatic heterocycles. The lowest BCUT2D eigenvalue weighted by molar-refractivity contribution is 0.0692. The monoisotopic (exact) mass is 253 g/mol. The third kappa shape index (κ3) is 1.76. The highest BCUT2D eigenvalue weighted by Crippen LogP contribution is 2.33. The first-order valence-corrected chi connectivity index (χ1v) is 5.78. The van der Waals surface area contributed by atoms with Crippen molar-refractivity contribution in [1.82, 2.24) is 15.0 Å². The summed E-state index contributed by atoms with van der Waals surface area (Å²) < 4.78 is 0. The average Bonchev–Trinajstić information content (AvgIpc) is 2.81. The Morgan fingerprint density at radius 3 is 2.68 bits per heavy atom. The molecule has 19 heavy (non-hydrogen) atoms. The number of rotatable bonds is 2. The number of fused-ring (bicyclic) bond motifs is 1. The number of aromatic amines is 1. The molecule has 2 aromatic heterocycles. The van der Waals surface area contributed by atoms with Gasteiger partial charge in [0.15, 0.2) is 0 Å².